The summed E-state index contributed by atoms with van der Waals surface area (Å²) in [5.41, 5.74) is 0.983. The lowest BCUT2D eigenvalue weighted by molar-refractivity contribution is -0.123. The van der Waals surface area contributed by atoms with Crippen molar-refractivity contribution in [2.24, 2.45) is 0 Å². The largest absolute Gasteiger partial charge is 0.445 e. The van der Waals surface area contributed by atoms with Crippen molar-refractivity contribution in [2.75, 3.05) is 32.8 Å². The Morgan fingerprint density at radius 3 is 1.77 bits per heavy atom. The van der Waals surface area contributed by atoms with Crippen LogP contribution in [-0.4, -0.2) is 68.7 Å². The van der Waals surface area contributed by atoms with Crippen molar-refractivity contribution in [1.82, 2.24) is 21.3 Å². The fourth-order valence-corrected chi connectivity index (χ4v) is 3.09. The van der Waals surface area contributed by atoms with E-state index in [1.807, 2.05) is 48.5 Å². The Bertz CT molecular complexity index is 1060. The molecule has 40 heavy (non-hydrogen) atoms. The van der Waals surface area contributed by atoms with Gasteiger partial charge in [0.15, 0.2) is 0 Å². The molecular formula is C28H38N4O8. The first kappa shape index (κ1) is 31.9. The fraction of sp³-hybridized carbons (Fsp3) is 0.429. The summed E-state index contributed by atoms with van der Waals surface area (Å²) in [5.74, 6) is -0.560. The highest BCUT2D eigenvalue weighted by atomic mass is 16.6. The SMILES string of the molecule is CC(C)(C)OC(=O)NCCOCCNC(=O)C(CNC(=O)OCc1ccccc1)NC(=O)OCc1ccccc1. The summed E-state index contributed by atoms with van der Waals surface area (Å²) in [6.45, 7) is 5.84. The third kappa shape index (κ3) is 14.6. The van der Waals surface area contributed by atoms with E-state index < -0.39 is 35.8 Å². The highest BCUT2D eigenvalue weighted by Gasteiger charge is 2.22. The maximum atomic E-state index is 12.8. The number of hydrogen-bond donors (Lipinski definition) is 4. The normalized spacial score (nSPS) is 11.5. The van der Waals surface area contributed by atoms with E-state index in [4.69, 9.17) is 18.9 Å². The lowest BCUT2D eigenvalue weighted by Gasteiger charge is -2.20. The zero-order chi connectivity index (χ0) is 29.2. The van der Waals surface area contributed by atoms with Gasteiger partial charge < -0.3 is 40.2 Å². The molecule has 0 saturated heterocycles. The molecule has 1 unspecified atom stereocenters. The molecular weight excluding hydrogens is 520 g/mol. The van der Waals surface area contributed by atoms with Crippen molar-refractivity contribution in [1.29, 1.82) is 0 Å². The quantitative estimate of drug-likeness (QED) is 0.204. The van der Waals surface area contributed by atoms with E-state index in [-0.39, 0.29) is 46.1 Å². The molecule has 0 saturated carbocycles. The average molecular weight is 559 g/mol. The van der Waals surface area contributed by atoms with Gasteiger partial charge in [-0.2, -0.15) is 0 Å². The summed E-state index contributed by atoms with van der Waals surface area (Å²) in [7, 11) is 0. The molecule has 0 radical (unpaired) electrons. The molecule has 0 aliphatic rings. The standard InChI is InChI=1S/C28H38N4O8/c1-28(2,3)40-26(35)30-15-17-37-16-14-29-24(33)23(32-27(36)39-20-22-12-8-5-9-13-22)18-31-25(34)38-19-21-10-6-4-7-11-21/h4-13,23H,14-20H2,1-3H3,(H,29,33)(H,30,35)(H,31,34)(H,32,36). The summed E-state index contributed by atoms with van der Waals surface area (Å²) >= 11 is 0. The van der Waals surface area contributed by atoms with E-state index in [2.05, 4.69) is 21.3 Å². The first-order valence-electron chi connectivity index (χ1n) is 12.9. The van der Waals surface area contributed by atoms with Gasteiger partial charge in [-0.25, -0.2) is 14.4 Å². The highest BCUT2D eigenvalue weighted by molar-refractivity contribution is 5.86. The summed E-state index contributed by atoms with van der Waals surface area (Å²) in [6, 6.07) is 17.0. The lowest BCUT2D eigenvalue weighted by Crippen LogP contribution is -2.53. The first-order valence-corrected chi connectivity index (χ1v) is 12.9. The molecule has 0 fully saturated rings. The van der Waals surface area contributed by atoms with Gasteiger partial charge in [0.25, 0.3) is 0 Å². The number of hydrogen-bond acceptors (Lipinski definition) is 8. The predicted molar refractivity (Wildman–Crippen MR) is 146 cm³/mol. The van der Waals surface area contributed by atoms with Crippen LogP contribution in [0.3, 0.4) is 0 Å². The highest BCUT2D eigenvalue weighted by Crippen LogP contribution is 2.06. The van der Waals surface area contributed by atoms with Crippen LogP contribution in [-0.2, 0) is 37.0 Å². The van der Waals surface area contributed by atoms with Gasteiger partial charge in [-0.05, 0) is 31.9 Å². The van der Waals surface area contributed by atoms with Crippen LogP contribution in [0.2, 0.25) is 0 Å². The molecule has 0 aliphatic carbocycles. The smallest absolute Gasteiger partial charge is 0.408 e. The second-order valence-corrected chi connectivity index (χ2v) is 9.53. The third-order valence-electron chi connectivity index (χ3n) is 4.94. The molecule has 1 atom stereocenters. The van der Waals surface area contributed by atoms with Gasteiger partial charge in [0.2, 0.25) is 5.91 Å². The second-order valence-electron chi connectivity index (χ2n) is 9.53. The minimum absolute atomic E-state index is 0.0126. The molecule has 12 heteroatoms. The average Bonchev–Trinajstić information content (AvgIpc) is 2.92. The topological polar surface area (TPSA) is 153 Å². The second kappa shape index (κ2) is 17.3. The number of ether oxygens (including phenoxy) is 4. The van der Waals surface area contributed by atoms with Crippen molar-refractivity contribution < 1.29 is 38.1 Å². The number of carbonyl (C=O) groups excluding carboxylic acids is 4. The van der Waals surface area contributed by atoms with Gasteiger partial charge in [-0.1, -0.05) is 60.7 Å². The number of amides is 4. The fourth-order valence-electron chi connectivity index (χ4n) is 3.09. The van der Waals surface area contributed by atoms with E-state index in [0.717, 1.165) is 11.1 Å². The Morgan fingerprint density at radius 2 is 1.23 bits per heavy atom. The van der Waals surface area contributed by atoms with Gasteiger partial charge in [-0.15, -0.1) is 0 Å². The lowest BCUT2D eigenvalue weighted by atomic mass is 10.2. The Hall–Kier alpha value is -4.32. The Morgan fingerprint density at radius 1 is 0.700 bits per heavy atom. The molecule has 0 bridgehead atoms. The number of nitrogens with one attached hydrogen (secondary N) is 4. The van der Waals surface area contributed by atoms with Crippen molar-refractivity contribution in [3.05, 3.63) is 71.8 Å². The van der Waals surface area contributed by atoms with E-state index in [1.165, 1.54) is 0 Å². The monoisotopic (exact) mass is 558 g/mol. The Balaban J connectivity index is 1.77. The predicted octanol–water partition coefficient (Wildman–Crippen LogP) is 2.87. The summed E-state index contributed by atoms with van der Waals surface area (Å²) < 4.78 is 20.9. The summed E-state index contributed by atoms with van der Waals surface area (Å²) in [5, 5.41) is 10.1. The van der Waals surface area contributed by atoms with Crippen LogP contribution >= 0.6 is 0 Å². The molecule has 0 heterocycles. The molecule has 2 aromatic rings. The number of benzene rings is 2. The minimum Gasteiger partial charge on any atom is -0.445 e. The zero-order valence-electron chi connectivity index (χ0n) is 23.1. The van der Waals surface area contributed by atoms with Crippen molar-refractivity contribution in [2.45, 2.75) is 45.6 Å². The number of rotatable bonds is 14. The van der Waals surface area contributed by atoms with Gasteiger partial charge in [0.1, 0.15) is 24.9 Å². The van der Waals surface area contributed by atoms with E-state index in [9.17, 15) is 19.2 Å². The van der Waals surface area contributed by atoms with E-state index >= 15 is 0 Å². The molecule has 0 aliphatic heterocycles. The van der Waals surface area contributed by atoms with Crippen LogP contribution in [0.4, 0.5) is 14.4 Å². The molecule has 218 valence electrons. The molecule has 2 aromatic carbocycles. The molecule has 4 N–H and O–H groups in total. The Kier molecular flexibility index (Phi) is 13.8. The molecule has 0 aromatic heterocycles. The van der Waals surface area contributed by atoms with Crippen LogP contribution < -0.4 is 21.3 Å². The Labute approximate surface area is 234 Å². The van der Waals surface area contributed by atoms with Crippen LogP contribution in [0, 0.1) is 0 Å². The van der Waals surface area contributed by atoms with E-state index in [0.29, 0.717) is 0 Å². The van der Waals surface area contributed by atoms with E-state index in [1.54, 1.807) is 32.9 Å². The molecule has 12 nitrogen and oxygen atoms in total. The summed E-state index contributed by atoms with van der Waals surface area (Å²) in [6.07, 6.45) is -2.12. The number of alkyl carbamates (subject to hydrolysis) is 3. The molecule has 0 spiro atoms. The van der Waals surface area contributed by atoms with Crippen molar-refractivity contribution in [3.8, 4) is 0 Å². The van der Waals surface area contributed by atoms with Gasteiger partial charge in [-0.3, -0.25) is 4.79 Å². The van der Waals surface area contributed by atoms with Crippen LogP contribution in [0.1, 0.15) is 31.9 Å². The maximum absolute atomic E-state index is 12.8. The van der Waals surface area contributed by atoms with Crippen LogP contribution in [0.25, 0.3) is 0 Å². The summed E-state index contributed by atoms with van der Waals surface area (Å²) in [4.78, 5) is 48.9. The molecule has 2 rings (SSSR count). The van der Waals surface area contributed by atoms with Gasteiger partial charge >= 0.3 is 18.3 Å². The third-order valence-corrected chi connectivity index (χ3v) is 4.94. The van der Waals surface area contributed by atoms with Gasteiger partial charge in [0, 0.05) is 13.1 Å². The molecule has 4 amide bonds. The maximum Gasteiger partial charge on any atom is 0.408 e. The zero-order valence-corrected chi connectivity index (χ0v) is 23.1. The minimum atomic E-state index is -1.14. The van der Waals surface area contributed by atoms with Crippen molar-refractivity contribution in [3.63, 3.8) is 0 Å². The van der Waals surface area contributed by atoms with Crippen LogP contribution in [0.15, 0.2) is 60.7 Å². The number of carbonyl (C=O) groups is 4. The van der Waals surface area contributed by atoms with Gasteiger partial charge in [0.05, 0.1) is 19.8 Å². The first-order chi connectivity index (χ1) is 19.1. The van der Waals surface area contributed by atoms with Crippen molar-refractivity contribution >= 4 is 24.2 Å². The van der Waals surface area contributed by atoms with Crippen LogP contribution in [0.5, 0.6) is 0 Å².